The Bertz CT molecular complexity index is 817. The maximum Gasteiger partial charge on any atom is 0.315 e. The van der Waals surface area contributed by atoms with Crippen LogP contribution in [0.5, 0.6) is 0 Å². The summed E-state index contributed by atoms with van der Waals surface area (Å²) >= 11 is 5.92. The van der Waals surface area contributed by atoms with Crippen molar-refractivity contribution in [1.29, 1.82) is 0 Å². The van der Waals surface area contributed by atoms with Crippen molar-refractivity contribution in [3.63, 3.8) is 0 Å². The molecule has 0 spiro atoms. The van der Waals surface area contributed by atoms with E-state index in [-0.39, 0.29) is 6.03 Å². The zero-order valence-corrected chi connectivity index (χ0v) is 13.7. The van der Waals surface area contributed by atoms with Crippen LogP contribution in [0.4, 0.5) is 4.79 Å². The molecule has 2 N–H and O–H groups in total. The fourth-order valence-corrected chi connectivity index (χ4v) is 2.46. The second-order valence-corrected chi connectivity index (χ2v) is 5.73. The summed E-state index contributed by atoms with van der Waals surface area (Å²) in [5, 5.41) is 10.6. The summed E-state index contributed by atoms with van der Waals surface area (Å²) in [5.41, 5.74) is 2.86. The molecule has 0 aliphatic rings. The summed E-state index contributed by atoms with van der Waals surface area (Å²) in [7, 11) is 0. The van der Waals surface area contributed by atoms with Crippen molar-refractivity contribution in [3.05, 3.63) is 83.1 Å². The van der Waals surface area contributed by atoms with Gasteiger partial charge in [0.15, 0.2) is 0 Å². The molecular weight excluding hydrogens is 324 g/mol. The number of carbonyl (C=O) groups excluding carboxylic acids is 1. The van der Waals surface area contributed by atoms with Gasteiger partial charge in [0.1, 0.15) is 0 Å². The van der Waals surface area contributed by atoms with Crippen molar-refractivity contribution in [2.75, 3.05) is 0 Å². The van der Waals surface area contributed by atoms with Crippen molar-refractivity contribution in [2.24, 2.45) is 0 Å². The van der Waals surface area contributed by atoms with Gasteiger partial charge in [0.2, 0.25) is 0 Å². The number of amides is 2. The highest BCUT2D eigenvalue weighted by Gasteiger charge is 2.04. The topological polar surface area (TPSA) is 59.0 Å². The molecule has 1 heterocycles. The second-order valence-electron chi connectivity index (χ2n) is 5.29. The van der Waals surface area contributed by atoms with E-state index in [0.717, 1.165) is 16.8 Å². The van der Waals surface area contributed by atoms with Crippen LogP contribution in [0.3, 0.4) is 0 Å². The number of nitrogens with zero attached hydrogens (tertiary/aromatic N) is 2. The molecule has 3 aromatic rings. The van der Waals surface area contributed by atoms with Gasteiger partial charge in [-0.05, 0) is 29.8 Å². The Morgan fingerprint density at radius 2 is 1.75 bits per heavy atom. The predicted molar refractivity (Wildman–Crippen MR) is 94.1 cm³/mol. The third-order valence-electron chi connectivity index (χ3n) is 3.45. The Balaban J connectivity index is 1.49. The number of carbonyl (C=O) groups is 1. The number of aromatic nitrogens is 2. The Morgan fingerprint density at radius 3 is 2.50 bits per heavy atom. The minimum absolute atomic E-state index is 0.234. The first-order chi connectivity index (χ1) is 11.7. The molecule has 6 heteroatoms. The minimum Gasteiger partial charge on any atom is -0.334 e. The summed E-state index contributed by atoms with van der Waals surface area (Å²) in [6, 6.07) is 17.0. The highest BCUT2D eigenvalue weighted by Crippen LogP contribution is 2.10. The monoisotopic (exact) mass is 340 g/mol. The molecule has 0 atom stereocenters. The molecule has 24 heavy (non-hydrogen) atoms. The smallest absolute Gasteiger partial charge is 0.315 e. The number of urea groups is 1. The first kappa shape index (κ1) is 16.1. The van der Waals surface area contributed by atoms with Gasteiger partial charge >= 0.3 is 6.03 Å². The van der Waals surface area contributed by atoms with Crippen molar-refractivity contribution in [3.8, 4) is 5.69 Å². The van der Waals surface area contributed by atoms with Gasteiger partial charge in [0.25, 0.3) is 0 Å². The van der Waals surface area contributed by atoms with Crippen LogP contribution >= 0.6 is 11.6 Å². The van der Waals surface area contributed by atoms with Crippen molar-refractivity contribution >= 4 is 17.6 Å². The van der Waals surface area contributed by atoms with E-state index in [9.17, 15) is 4.79 Å². The lowest BCUT2D eigenvalue weighted by Gasteiger charge is -2.07. The standard InChI is InChI=1S/C18H17ClN4O/c19-16-6-4-5-14(9-16)10-20-18(24)21-11-15-12-22-23(13-15)17-7-2-1-3-8-17/h1-9,12-13H,10-11H2,(H2,20,21,24). The molecule has 3 rings (SSSR count). The van der Waals surface area contributed by atoms with Crippen LogP contribution in [-0.2, 0) is 13.1 Å². The van der Waals surface area contributed by atoms with Gasteiger partial charge in [-0.1, -0.05) is 41.9 Å². The number of para-hydroxylation sites is 1. The molecule has 0 saturated heterocycles. The van der Waals surface area contributed by atoms with Gasteiger partial charge in [-0.3, -0.25) is 0 Å². The quantitative estimate of drug-likeness (QED) is 0.746. The summed E-state index contributed by atoms with van der Waals surface area (Å²) in [4.78, 5) is 11.9. The molecule has 0 saturated carbocycles. The van der Waals surface area contributed by atoms with E-state index in [1.807, 2.05) is 54.7 Å². The van der Waals surface area contributed by atoms with E-state index in [2.05, 4.69) is 15.7 Å². The number of rotatable bonds is 5. The van der Waals surface area contributed by atoms with Crippen LogP contribution < -0.4 is 10.6 Å². The summed E-state index contributed by atoms with van der Waals surface area (Å²) in [6.45, 7) is 0.837. The van der Waals surface area contributed by atoms with Gasteiger partial charge in [-0.2, -0.15) is 5.10 Å². The van der Waals surface area contributed by atoms with Crippen LogP contribution in [0.15, 0.2) is 67.0 Å². The Kier molecular flexibility index (Phi) is 5.13. The second kappa shape index (κ2) is 7.66. The van der Waals surface area contributed by atoms with E-state index in [1.54, 1.807) is 16.9 Å². The van der Waals surface area contributed by atoms with Crippen LogP contribution in [0.25, 0.3) is 5.69 Å². The predicted octanol–water partition coefficient (Wildman–Crippen LogP) is 3.53. The maximum atomic E-state index is 11.9. The average molecular weight is 341 g/mol. The van der Waals surface area contributed by atoms with Crippen LogP contribution in [0.2, 0.25) is 5.02 Å². The molecule has 0 aliphatic carbocycles. The lowest BCUT2D eigenvalue weighted by atomic mass is 10.2. The summed E-state index contributed by atoms with van der Waals surface area (Å²) in [5.74, 6) is 0. The first-order valence-corrected chi connectivity index (χ1v) is 7.93. The van der Waals surface area contributed by atoms with Gasteiger partial charge in [-0.15, -0.1) is 0 Å². The summed E-state index contributed by atoms with van der Waals surface area (Å²) < 4.78 is 1.78. The van der Waals surface area contributed by atoms with Gasteiger partial charge in [0.05, 0.1) is 11.9 Å². The lowest BCUT2D eigenvalue weighted by molar-refractivity contribution is 0.240. The zero-order chi connectivity index (χ0) is 16.8. The molecule has 2 amide bonds. The average Bonchev–Trinajstić information content (AvgIpc) is 3.08. The molecule has 2 aromatic carbocycles. The van der Waals surface area contributed by atoms with Crippen molar-refractivity contribution < 1.29 is 4.79 Å². The Labute approximate surface area is 145 Å². The van der Waals surface area contributed by atoms with E-state index >= 15 is 0 Å². The molecular formula is C18H17ClN4O. The largest absolute Gasteiger partial charge is 0.334 e. The highest BCUT2D eigenvalue weighted by atomic mass is 35.5. The fraction of sp³-hybridized carbons (Fsp3) is 0.111. The molecule has 0 radical (unpaired) electrons. The number of nitrogens with one attached hydrogen (secondary N) is 2. The molecule has 122 valence electrons. The van der Waals surface area contributed by atoms with Gasteiger partial charge in [-0.25, -0.2) is 9.48 Å². The fourth-order valence-electron chi connectivity index (χ4n) is 2.25. The first-order valence-electron chi connectivity index (χ1n) is 7.56. The van der Waals surface area contributed by atoms with Crippen LogP contribution in [0.1, 0.15) is 11.1 Å². The van der Waals surface area contributed by atoms with Crippen LogP contribution in [-0.4, -0.2) is 15.8 Å². The number of hydrogen-bond acceptors (Lipinski definition) is 2. The van der Waals surface area contributed by atoms with E-state index < -0.39 is 0 Å². The Hall–Kier alpha value is -2.79. The SMILES string of the molecule is O=C(NCc1cccc(Cl)c1)NCc1cnn(-c2ccccc2)c1. The molecule has 0 fully saturated rings. The molecule has 0 unspecified atom stereocenters. The third-order valence-corrected chi connectivity index (χ3v) is 3.69. The molecule has 0 aliphatic heterocycles. The van der Waals surface area contributed by atoms with E-state index in [0.29, 0.717) is 18.1 Å². The van der Waals surface area contributed by atoms with Gasteiger partial charge < -0.3 is 10.6 Å². The highest BCUT2D eigenvalue weighted by molar-refractivity contribution is 6.30. The van der Waals surface area contributed by atoms with E-state index in [1.165, 1.54) is 0 Å². The molecule has 1 aromatic heterocycles. The number of halogens is 1. The van der Waals surface area contributed by atoms with E-state index in [4.69, 9.17) is 11.6 Å². The third kappa shape index (κ3) is 4.36. The zero-order valence-electron chi connectivity index (χ0n) is 12.9. The Morgan fingerprint density at radius 1 is 1.00 bits per heavy atom. The maximum absolute atomic E-state index is 11.9. The number of benzene rings is 2. The molecule has 5 nitrogen and oxygen atoms in total. The molecule has 0 bridgehead atoms. The lowest BCUT2D eigenvalue weighted by Crippen LogP contribution is -2.34. The minimum atomic E-state index is -0.234. The van der Waals surface area contributed by atoms with Gasteiger partial charge in [0, 0.05) is 29.9 Å². The number of hydrogen-bond donors (Lipinski definition) is 2. The van der Waals surface area contributed by atoms with Crippen molar-refractivity contribution in [1.82, 2.24) is 20.4 Å². The van der Waals surface area contributed by atoms with Crippen molar-refractivity contribution in [2.45, 2.75) is 13.1 Å². The van der Waals surface area contributed by atoms with Crippen LogP contribution in [0, 0.1) is 0 Å². The normalized spacial score (nSPS) is 10.4. The summed E-state index contributed by atoms with van der Waals surface area (Å²) in [6.07, 6.45) is 3.64.